The van der Waals surface area contributed by atoms with Crippen molar-refractivity contribution < 1.29 is 18.9 Å². The summed E-state index contributed by atoms with van der Waals surface area (Å²) in [6.45, 7) is 2.99. The Bertz CT molecular complexity index is 774. The van der Waals surface area contributed by atoms with E-state index in [4.69, 9.17) is 16.4 Å². The number of halogens is 2. The molecule has 0 aromatic heterocycles. The van der Waals surface area contributed by atoms with Gasteiger partial charge >= 0.3 is 5.69 Å². The van der Waals surface area contributed by atoms with Crippen LogP contribution in [0.25, 0.3) is 11.1 Å². The summed E-state index contributed by atoms with van der Waals surface area (Å²) in [5.41, 5.74) is 1.46. The van der Waals surface area contributed by atoms with Gasteiger partial charge in [-0.15, -0.1) is 0 Å². The minimum Gasteiger partial charge on any atom is -0.294 e. The lowest BCUT2D eigenvalue weighted by atomic mass is 9.93. The molecule has 114 valence electrons. The van der Waals surface area contributed by atoms with E-state index in [1.807, 2.05) is 0 Å². The number of nitrogens with zero attached hydrogens (tertiary/aromatic N) is 1. The Kier molecular flexibility index (Phi) is 4.56. The molecule has 0 bridgehead atoms. The van der Waals surface area contributed by atoms with E-state index in [2.05, 4.69) is 0 Å². The number of carbonyl (C=O) groups excluding carboxylic acids is 1. The van der Waals surface area contributed by atoms with Gasteiger partial charge in [-0.1, -0.05) is 23.7 Å². The summed E-state index contributed by atoms with van der Waals surface area (Å²) in [5, 5.41) is 0.262. The van der Waals surface area contributed by atoms with Crippen molar-refractivity contribution in [3.05, 3.63) is 57.2 Å². The van der Waals surface area contributed by atoms with E-state index in [0.717, 1.165) is 0 Å². The van der Waals surface area contributed by atoms with Gasteiger partial charge in [0.05, 0.1) is 21.1 Å². The molecule has 0 radical (unpaired) electrons. The van der Waals surface area contributed by atoms with E-state index >= 15 is 0 Å². The van der Waals surface area contributed by atoms with Crippen LogP contribution >= 0.6 is 11.6 Å². The molecule has 0 heterocycles. The van der Waals surface area contributed by atoms with Gasteiger partial charge in [0.2, 0.25) is 0 Å². The lowest BCUT2D eigenvalue weighted by Crippen LogP contribution is -2.07. The fourth-order valence-corrected chi connectivity index (χ4v) is 2.47. The largest absolute Gasteiger partial charge is 0.329 e. The second-order valence-electron chi connectivity index (χ2n) is 4.76. The standard InChI is InChI=1S/C16H14ClFNO3/c1-9-14(17)8-13(10(2)20)15(16(9)19(21)22-3)11-5-4-6-12(18)7-11/h4-8H,1-3H3/q+1. The number of benzene rings is 2. The molecule has 6 heteroatoms. The molecule has 0 N–H and O–H groups in total. The number of hydrogen-bond donors (Lipinski definition) is 0. The lowest BCUT2D eigenvalue weighted by molar-refractivity contribution is -0.736. The Morgan fingerprint density at radius 3 is 2.55 bits per heavy atom. The first-order valence-electron chi connectivity index (χ1n) is 6.48. The monoisotopic (exact) mass is 322 g/mol. The average molecular weight is 323 g/mol. The van der Waals surface area contributed by atoms with Crippen LogP contribution in [0.3, 0.4) is 0 Å². The van der Waals surface area contributed by atoms with E-state index in [-0.39, 0.29) is 27.0 Å². The maximum absolute atomic E-state index is 13.5. The van der Waals surface area contributed by atoms with Crippen molar-refractivity contribution in [1.29, 1.82) is 0 Å². The van der Waals surface area contributed by atoms with Gasteiger partial charge in [-0.25, -0.2) is 9.23 Å². The van der Waals surface area contributed by atoms with E-state index in [1.165, 1.54) is 38.3 Å². The molecule has 0 unspecified atom stereocenters. The predicted octanol–water partition coefficient (Wildman–Crippen LogP) is 4.63. The van der Waals surface area contributed by atoms with Crippen molar-refractivity contribution in [3.63, 3.8) is 0 Å². The summed E-state index contributed by atoms with van der Waals surface area (Å²) in [6.07, 6.45) is 0. The van der Waals surface area contributed by atoms with Crippen molar-refractivity contribution in [2.75, 3.05) is 7.11 Å². The second-order valence-corrected chi connectivity index (χ2v) is 5.17. The van der Waals surface area contributed by atoms with Crippen molar-refractivity contribution >= 4 is 23.1 Å². The minimum absolute atomic E-state index is 0.0887. The molecule has 2 aromatic carbocycles. The highest BCUT2D eigenvalue weighted by Gasteiger charge is 2.31. The Labute approximate surface area is 132 Å². The van der Waals surface area contributed by atoms with Gasteiger partial charge in [0.25, 0.3) is 4.92 Å². The molecule has 2 aromatic rings. The summed E-state index contributed by atoms with van der Waals surface area (Å²) in [4.78, 5) is 29.0. The predicted molar refractivity (Wildman–Crippen MR) is 81.9 cm³/mol. The SMILES string of the molecule is CO[N+](=O)c1c(C)c(Cl)cc(C(C)=O)c1-c1cccc(F)c1. The van der Waals surface area contributed by atoms with Gasteiger partial charge in [0, 0.05) is 5.56 Å². The Balaban J connectivity index is 2.92. The summed E-state index contributed by atoms with van der Waals surface area (Å²) in [6, 6.07) is 7.13. The van der Waals surface area contributed by atoms with E-state index < -0.39 is 5.82 Å². The lowest BCUT2D eigenvalue weighted by Gasteiger charge is -2.11. The van der Waals surface area contributed by atoms with Gasteiger partial charge in [-0.3, -0.25) is 4.79 Å². The van der Waals surface area contributed by atoms with Gasteiger partial charge in [0.1, 0.15) is 5.82 Å². The van der Waals surface area contributed by atoms with Crippen LogP contribution in [0.4, 0.5) is 10.1 Å². The molecule has 0 fully saturated rings. The van der Waals surface area contributed by atoms with Gasteiger partial charge < -0.3 is 0 Å². The number of carbonyl (C=O) groups is 1. The maximum atomic E-state index is 13.5. The quantitative estimate of drug-likeness (QED) is 0.609. The second kappa shape index (κ2) is 6.23. The van der Waals surface area contributed by atoms with Crippen molar-refractivity contribution in [2.24, 2.45) is 0 Å². The summed E-state index contributed by atoms with van der Waals surface area (Å²) >= 11 is 6.11. The molecule has 0 aliphatic rings. The molecule has 0 saturated heterocycles. The third kappa shape index (κ3) is 2.85. The van der Waals surface area contributed by atoms with Crippen LogP contribution in [0.15, 0.2) is 30.3 Å². The third-order valence-corrected chi connectivity index (χ3v) is 3.72. The van der Waals surface area contributed by atoms with Crippen LogP contribution in [-0.2, 0) is 4.84 Å². The topological polar surface area (TPSA) is 46.4 Å². The molecule has 4 nitrogen and oxygen atoms in total. The van der Waals surface area contributed by atoms with Crippen LogP contribution in [0.2, 0.25) is 5.02 Å². The molecule has 0 amide bonds. The van der Waals surface area contributed by atoms with Crippen LogP contribution in [0, 0.1) is 17.6 Å². The Hall–Kier alpha value is -2.27. The minimum atomic E-state index is -0.472. The van der Waals surface area contributed by atoms with Crippen molar-refractivity contribution in [2.45, 2.75) is 13.8 Å². The van der Waals surface area contributed by atoms with Gasteiger partial charge in [-0.05, 0) is 37.6 Å². The first-order chi connectivity index (χ1) is 10.4. The molecular weight excluding hydrogens is 309 g/mol. The zero-order valence-electron chi connectivity index (χ0n) is 12.3. The van der Waals surface area contributed by atoms with E-state index in [9.17, 15) is 14.1 Å². The average Bonchev–Trinajstić information content (AvgIpc) is 2.48. The molecule has 0 atom stereocenters. The van der Waals surface area contributed by atoms with E-state index in [0.29, 0.717) is 16.7 Å². The summed E-state index contributed by atoms with van der Waals surface area (Å²) in [7, 11) is 1.20. The molecule has 0 saturated carbocycles. The summed E-state index contributed by atoms with van der Waals surface area (Å²) < 4.78 is 13.5. The first kappa shape index (κ1) is 16.1. The highest BCUT2D eigenvalue weighted by atomic mass is 35.5. The summed E-state index contributed by atoms with van der Waals surface area (Å²) in [5.74, 6) is -0.757. The van der Waals surface area contributed by atoms with E-state index in [1.54, 1.807) is 13.0 Å². The highest BCUT2D eigenvalue weighted by Crippen LogP contribution is 2.40. The molecule has 2 rings (SSSR count). The van der Waals surface area contributed by atoms with Crippen molar-refractivity contribution in [1.82, 2.24) is 0 Å². The van der Waals surface area contributed by atoms with Crippen LogP contribution < -0.4 is 0 Å². The third-order valence-electron chi connectivity index (χ3n) is 3.33. The number of rotatable bonds is 4. The highest BCUT2D eigenvalue weighted by molar-refractivity contribution is 6.32. The molecule has 0 aliphatic heterocycles. The molecular formula is C16H14ClFNO3+. The molecule has 0 aliphatic carbocycles. The zero-order valence-corrected chi connectivity index (χ0v) is 13.1. The number of Topliss-reactive ketones (excluding diaryl/α,β-unsaturated/α-hetero) is 1. The number of hydrogen-bond acceptors (Lipinski definition) is 3. The smallest absolute Gasteiger partial charge is 0.294 e. The fraction of sp³-hybridized carbons (Fsp3) is 0.188. The van der Waals surface area contributed by atoms with Gasteiger partial charge in [-0.2, -0.15) is 0 Å². The normalized spacial score (nSPS) is 10.4. The molecule has 0 spiro atoms. The number of ketones is 1. The van der Waals surface area contributed by atoms with Crippen LogP contribution in [0.1, 0.15) is 22.8 Å². The first-order valence-corrected chi connectivity index (χ1v) is 6.86. The Morgan fingerprint density at radius 2 is 2.00 bits per heavy atom. The fourth-order valence-electron chi connectivity index (χ4n) is 2.27. The Morgan fingerprint density at radius 1 is 1.32 bits per heavy atom. The van der Waals surface area contributed by atoms with Crippen molar-refractivity contribution in [3.8, 4) is 11.1 Å². The molecule has 22 heavy (non-hydrogen) atoms. The van der Waals surface area contributed by atoms with Gasteiger partial charge in [0.15, 0.2) is 12.9 Å². The zero-order chi connectivity index (χ0) is 16.4. The maximum Gasteiger partial charge on any atom is 0.329 e. The van der Waals surface area contributed by atoms with Crippen LogP contribution in [0.5, 0.6) is 0 Å². The van der Waals surface area contributed by atoms with Crippen LogP contribution in [-0.4, -0.2) is 17.8 Å².